The summed E-state index contributed by atoms with van der Waals surface area (Å²) in [6, 6.07) is 3.31. The lowest BCUT2D eigenvalue weighted by atomic mass is 10.1. The lowest BCUT2D eigenvalue weighted by Gasteiger charge is -2.20. The Morgan fingerprint density at radius 1 is 1.32 bits per heavy atom. The Morgan fingerprint density at radius 2 is 2.00 bits per heavy atom. The molecule has 1 saturated carbocycles. The van der Waals surface area contributed by atoms with Crippen LogP contribution in [0.2, 0.25) is 0 Å². The molecule has 1 aliphatic carbocycles. The minimum atomic E-state index is -0.593. The Kier molecular flexibility index (Phi) is 4.70. The van der Waals surface area contributed by atoms with Gasteiger partial charge in [0.05, 0.1) is 0 Å². The molecule has 1 aliphatic rings. The van der Waals surface area contributed by atoms with E-state index >= 15 is 0 Å². The monoisotopic (exact) mass is 312 g/mol. The summed E-state index contributed by atoms with van der Waals surface area (Å²) in [6.07, 6.45) is 0.300. The largest absolute Gasteiger partial charge is 0.444 e. The third-order valence-electron chi connectivity index (χ3n) is 3.39. The zero-order chi connectivity index (χ0) is 16.5. The van der Waals surface area contributed by atoms with Gasteiger partial charge in [0.2, 0.25) is 0 Å². The topological polar surface area (TPSA) is 50.4 Å². The second-order valence-electron chi connectivity index (χ2n) is 6.65. The summed E-state index contributed by atoms with van der Waals surface area (Å²) < 4.78 is 31.8. The molecule has 1 aromatic rings. The zero-order valence-electron chi connectivity index (χ0n) is 13.2. The van der Waals surface area contributed by atoms with Crippen LogP contribution in [0.1, 0.15) is 45.7 Å². The number of carbonyl (C=O) groups is 1. The molecule has 122 valence electrons. The van der Waals surface area contributed by atoms with E-state index in [2.05, 4.69) is 10.6 Å². The van der Waals surface area contributed by atoms with Crippen LogP contribution in [-0.2, 0) is 4.74 Å². The highest BCUT2D eigenvalue weighted by molar-refractivity contribution is 5.68. The molecule has 22 heavy (non-hydrogen) atoms. The molecule has 0 bridgehead atoms. The van der Waals surface area contributed by atoms with Crippen molar-refractivity contribution in [1.82, 2.24) is 10.6 Å². The Morgan fingerprint density at radius 3 is 2.59 bits per heavy atom. The van der Waals surface area contributed by atoms with Gasteiger partial charge in [0.25, 0.3) is 0 Å². The molecule has 1 aromatic carbocycles. The molecule has 4 nitrogen and oxygen atoms in total. The molecule has 1 fully saturated rings. The Balaban J connectivity index is 1.82. The molecule has 0 heterocycles. The number of rotatable bonds is 4. The minimum Gasteiger partial charge on any atom is -0.444 e. The molecule has 0 radical (unpaired) electrons. The highest BCUT2D eigenvalue weighted by atomic mass is 19.1. The molecule has 0 aliphatic heterocycles. The molecule has 3 unspecified atom stereocenters. The number of ether oxygens (including phenoxy) is 1. The average Bonchev–Trinajstić information content (AvgIpc) is 3.03. The van der Waals surface area contributed by atoms with Crippen molar-refractivity contribution in [3.05, 3.63) is 35.4 Å². The number of nitrogens with one attached hydrogen (secondary N) is 2. The highest BCUT2D eigenvalue weighted by Crippen LogP contribution is 2.27. The zero-order valence-corrected chi connectivity index (χ0v) is 13.2. The van der Waals surface area contributed by atoms with Crippen molar-refractivity contribution >= 4 is 6.09 Å². The fourth-order valence-corrected chi connectivity index (χ4v) is 2.26. The summed E-state index contributed by atoms with van der Waals surface area (Å²) in [5.41, 5.74) is -0.129. The summed E-state index contributed by atoms with van der Waals surface area (Å²) in [7, 11) is 0. The SMILES string of the molecule is CC(NC1CC1NC(=O)OC(C)(C)C)c1ccc(F)cc1F. The molecule has 0 aromatic heterocycles. The Hall–Kier alpha value is -1.69. The molecular formula is C16H22F2N2O2. The summed E-state index contributed by atoms with van der Waals surface area (Å²) in [5, 5.41) is 5.98. The van der Waals surface area contributed by atoms with Gasteiger partial charge >= 0.3 is 6.09 Å². The fourth-order valence-electron chi connectivity index (χ4n) is 2.26. The van der Waals surface area contributed by atoms with Crippen molar-refractivity contribution < 1.29 is 18.3 Å². The van der Waals surface area contributed by atoms with Gasteiger partial charge in [0, 0.05) is 29.8 Å². The van der Waals surface area contributed by atoms with E-state index in [0.29, 0.717) is 5.56 Å². The first-order chi connectivity index (χ1) is 10.2. The second-order valence-corrected chi connectivity index (χ2v) is 6.65. The van der Waals surface area contributed by atoms with E-state index in [1.165, 1.54) is 12.1 Å². The first-order valence-corrected chi connectivity index (χ1v) is 7.36. The summed E-state index contributed by atoms with van der Waals surface area (Å²) in [4.78, 5) is 11.6. The Bertz CT molecular complexity index is 558. The molecular weight excluding hydrogens is 290 g/mol. The van der Waals surface area contributed by atoms with Crippen LogP contribution in [-0.4, -0.2) is 23.8 Å². The highest BCUT2D eigenvalue weighted by Gasteiger charge is 2.40. The van der Waals surface area contributed by atoms with Crippen molar-refractivity contribution in [2.24, 2.45) is 0 Å². The summed E-state index contributed by atoms with van der Waals surface area (Å²) in [6.45, 7) is 7.21. The van der Waals surface area contributed by atoms with Crippen LogP contribution in [0.15, 0.2) is 18.2 Å². The van der Waals surface area contributed by atoms with Crippen molar-refractivity contribution in [2.45, 2.75) is 57.8 Å². The second kappa shape index (κ2) is 6.20. The minimum absolute atomic E-state index is 0.0270. The average molecular weight is 312 g/mol. The maximum Gasteiger partial charge on any atom is 0.407 e. The van der Waals surface area contributed by atoms with Crippen LogP contribution in [0.3, 0.4) is 0 Å². The standard InChI is InChI=1S/C16H22F2N2O2/c1-9(11-6-5-10(17)7-12(11)18)19-13-8-14(13)20-15(21)22-16(2,3)4/h5-7,9,13-14,19H,8H2,1-4H3,(H,20,21). The molecule has 6 heteroatoms. The number of halogens is 2. The van der Waals surface area contributed by atoms with E-state index in [1.807, 2.05) is 0 Å². The summed E-state index contributed by atoms with van der Waals surface area (Å²) in [5.74, 6) is -1.17. The number of hydrogen-bond donors (Lipinski definition) is 2. The predicted molar refractivity (Wildman–Crippen MR) is 79.5 cm³/mol. The number of amides is 1. The van der Waals surface area contributed by atoms with Crippen LogP contribution >= 0.6 is 0 Å². The maximum atomic E-state index is 13.7. The van der Waals surface area contributed by atoms with Crippen molar-refractivity contribution in [3.63, 3.8) is 0 Å². The van der Waals surface area contributed by atoms with Gasteiger partial charge in [0.15, 0.2) is 0 Å². The third kappa shape index (κ3) is 4.66. The fraction of sp³-hybridized carbons (Fsp3) is 0.562. The number of hydrogen-bond acceptors (Lipinski definition) is 3. The molecule has 1 amide bonds. The normalized spacial score (nSPS) is 22.1. The van der Waals surface area contributed by atoms with Crippen molar-refractivity contribution in [1.29, 1.82) is 0 Å². The van der Waals surface area contributed by atoms with E-state index in [9.17, 15) is 13.6 Å². The lowest BCUT2D eigenvalue weighted by Crippen LogP contribution is -2.37. The smallest absolute Gasteiger partial charge is 0.407 e. The van der Waals surface area contributed by atoms with Gasteiger partial charge in [-0.15, -0.1) is 0 Å². The quantitative estimate of drug-likeness (QED) is 0.897. The van der Waals surface area contributed by atoms with Gasteiger partial charge in [-0.25, -0.2) is 13.6 Å². The van der Waals surface area contributed by atoms with E-state index in [4.69, 9.17) is 4.74 Å². The van der Waals surface area contributed by atoms with E-state index < -0.39 is 23.3 Å². The molecule has 3 atom stereocenters. The molecule has 2 N–H and O–H groups in total. The van der Waals surface area contributed by atoms with Crippen LogP contribution < -0.4 is 10.6 Å². The van der Waals surface area contributed by atoms with Gasteiger partial charge in [-0.1, -0.05) is 6.07 Å². The molecule has 0 saturated heterocycles. The van der Waals surface area contributed by atoms with Crippen LogP contribution in [0.4, 0.5) is 13.6 Å². The molecule has 0 spiro atoms. The number of benzene rings is 1. The van der Waals surface area contributed by atoms with Gasteiger partial charge in [-0.3, -0.25) is 0 Å². The maximum absolute atomic E-state index is 13.7. The number of alkyl carbamates (subject to hydrolysis) is 1. The lowest BCUT2D eigenvalue weighted by molar-refractivity contribution is 0.0522. The van der Waals surface area contributed by atoms with E-state index in [1.54, 1.807) is 27.7 Å². The first kappa shape index (κ1) is 16.7. The summed E-state index contributed by atoms with van der Waals surface area (Å²) >= 11 is 0. The van der Waals surface area contributed by atoms with Crippen LogP contribution in [0, 0.1) is 11.6 Å². The third-order valence-corrected chi connectivity index (χ3v) is 3.39. The first-order valence-electron chi connectivity index (χ1n) is 7.36. The van der Waals surface area contributed by atoms with Crippen molar-refractivity contribution in [2.75, 3.05) is 0 Å². The van der Waals surface area contributed by atoms with E-state index in [-0.39, 0.29) is 18.1 Å². The van der Waals surface area contributed by atoms with E-state index in [0.717, 1.165) is 12.5 Å². The van der Waals surface area contributed by atoms with Crippen molar-refractivity contribution in [3.8, 4) is 0 Å². The molecule has 2 rings (SSSR count). The van der Waals surface area contributed by atoms with Gasteiger partial charge in [-0.05, 0) is 40.2 Å². The number of carbonyl (C=O) groups excluding carboxylic acids is 1. The van der Waals surface area contributed by atoms with Crippen LogP contribution in [0.5, 0.6) is 0 Å². The van der Waals surface area contributed by atoms with Crippen LogP contribution in [0.25, 0.3) is 0 Å². The predicted octanol–water partition coefficient (Wildman–Crippen LogP) is 3.28. The van der Waals surface area contributed by atoms with Gasteiger partial charge in [-0.2, -0.15) is 0 Å². The Labute approximate surface area is 129 Å². The van der Waals surface area contributed by atoms with Gasteiger partial charge in [0.1, 0.15) is 17.2 Å². The van der Waals surface area contributed by atoms with Gasteiger partial charge < -0.3 is 15.4 Å².